The number of benzene rings is 4. The smallest absolute Gasteiger partial charge is 0.0991 e. The Labute approximate surface area is 122 Å². The van der Waals surface area contributed by atoms with Crippen LogP contribution in [0.2, 0.25) is 0 Å². The Morgan fingerprint density at radius 1 is 0.667 bits per heavy atom. The lowest BCUT2D eigenvalue weighted by molar-refractivity contribution is 1.50. The Morgan fingerprint density at radius 3 is 1.90 bits per heavy atom. The zero-order valence-corrected chi connectivity index (χ0v) is 11.3. The summed E-state index contributed by atoms with van der Waals surface area (Å²) in [5.74, 6) is 0. The summed E-state index contributed by atoms with van der Waals surface area (Å²) in [6.45, 7) is 0. The van der Waals surface area contributed by atoms with Crippen LogP contribution in [-0.4, -0.2) is 0 Å². The highest BCUT2D eigenvalue weighted by Gasteiger charge is 2.05. The molecule has 0 bridgehead atoms. The van der Waals surface area contributed by atoms with E-state index in [1.54, 1.807) is 0 Å². The standard InChI is InChI=1S/C19H12N2/c20-11-12-1-5-16-13(9-12)2-6-19-17-8-4-15(21)10-14(17)3-7-18(16)19/h1-10H,21H2. The highest BCUT2D eigenvalue weighted by Crippen LogP contribution is 2.32. The van der Waals surface area contributed by atoms with Crippen LogP contribution in [0.5, 0.6) is 0 Å². The summed E-state index contributed by atoms with van der Waals surface area (Å²) in [6.07, 6.45) is 0. The molecule has 0 fully saturated rings. The number of nitriles is 1. The quantitative estimate of drug-likeness (QED) is 0.374. The summed E-state index contributed by atoms with van der Waals surface area (Å²) in [6, 6.07) is 22.5. The predicted molar refractivity (Wildman–Crippen MR) is 88.1 cm³/mol. The summed E-state index contributed by atoms with van der Waals surface area (Å²) < 4.78 is 0. The van der Waals surface area contributed by atoms with E-state index in [2.05, 4.69) is 36.4 Å². The lowest BCUT2D eigenvalue weighted by Gasteiger charge is -2.08. The van der Waals surface area contributed by atoms with Crippen LogP contribution in [0.25, 0.3) is 32.3 Å². The first-order valence-electron chi connectivity index (χ1n) is 6.81. The SMILES string of the molecule is N#Cc1ccc2c(ccc3c4ccc(N)cc4ccc23)c1. The fourth-order valence-corrected chi connectivity index (χ4v) is 2.98. The van der Waals surface area contributed by atoms with Crippen LogP contribution < -0.4 is 5.73 Å². The Bertz CT molecular complexity index is 1060. The summed E-state index contributed by atoms with van der Waals surface area (Å²) in [5.41, 5.74) is 7.33. The summed E-state index contributed by atoms with van der Waals surface area (Å²) in [7, 11) is 0. The lowest BCUT2D eigenvalue weighted by atomic mass is 9.96. The van der Waals surface area contributed by atoms with Gasteiger partial charge in [-0.15, -0.1) is 0 Å². The van der Waals surface area contributed by atoms with Gasteiger partial charge in [0.05, 0.1) is 11.6 Å². The highest BCUT2D eigenvalue weighted by atomic mass is 14.5. The molecule has 0 radical (unpaired) electrons. The number of nitrogens with zero attached hydrogens (tertiary/aromatic N) is 1. The highest BCUT2D eigenvalue weighted by molar-refractivity contribution is 6.17. The number of nitrogens with two attached hydrogens (primary N) is 1. The Kier molecular flexibility index (Phi) is 2.36. The van der Waals surface area contributed by atoms with Crippen LogP contribution in [0.1, 0.15) is 5.56 Å². The zero-order chi connectivity index (χ0) is 14.4. The van der Waals surface area contributed by atoms with Gasteiger partial charge in [0.15, 0.2) is 0 Å². The molecule has 0 amide bonds. The van der Waals surface area contributed by atoms with Crippen molar-refractivity contribution in [3.63, 3.8) is 0 Å². The van der Waals surface area contributed by atoms with Gasteiger partial charge in [-0.25, -0.2) is 0 Å². The molecule has 0 atom stereocenters. The van der Waals surface area contributed by atoms with Gasteiger partial charge < -0.3 is 5.73 Å². The Hall–Kier alpha value is -3.05. The predicted octanol–water partition coefficient (Wildman–Crippen LogP) is 4.60. The molecule has 2 nitrogen and oxygen atoms in total. The van der Waals surface area contributed by atoms with Crippen molar-refractivity contribution in [2.24, 2.45) is 0 Å². The monoisotopic (exact) mass is 268 g/mol. The maximum Gasteiger partial charge on any atom is 0.0991 e. The van der Waals surface area contributed by atoms with Crippen LogP contribution >= 0.6 is 0 Å². The summed E-state index contributed by atoms with van der Waals surface area (Å²) in [4.78, 5) is 0. The lowest BCUT2D eigenvalue weighted by Crippen LogP contribution is -1.85. The fourth-order valence-electron chi connectivity index (χ4n) is 2.98. The number of fused-ring (bicyclic) bond motifs is 5. The maximum absolute atomic E-state index is 9.02. The third kappa shape index (κ3) is 1.72. The topological polar surface area (TPSA) is 49.8 Å². The van der Waals surface area contributed by atoms with E-state index in [1.807, 2.05) is 30.3 Å². The van der Waals surface area contributed by atoms with Gasteiger partial charge in [0.2, 0.25) is 0 Å². The molecule has 4 rings (SSSR count). The third-order valence-corrected chi connectivity index (χ3v) is 3.99. The van der Waals surface area contributed by atoms with E-state index in [-0.39, 0.29) is 0 Å². The second-order valence-corrected chi connectivity index (χ2v) is 5.25. The molecule has 0 aliphatic rings. The molecular formula is C19H12N2. The average molecular weight is 268 g/mol. The molecule has 0 unspecified atom stereocenters. The Morgan fingerprint density at radius 2 is 1.24 bits per heavy atom. The molecule has 0 aliphatic heterocycles. The van der Waals surface area contributed by atoms with Crippen molar-refractivity contribution in [2.45, 2.75) is 0 Å². The average Bonchev–Trinajstić information content (AvgIpc) is 2.53. The minimum atomic E-state index is 0.690. The van der Waals surface area contributed by atoms with E-state index in [0.29, 0.717) is 5.56 Å². The Balaban J connectivity index is 2.17. The number of anilines is 1. The van der Waals surface area contributed by atoms with E-state index >= 15 is 0 Å². The van der Waals surface area contributed by atoms with Crippen LogP contribution in [0.4, 0.5) is 5.69 Å². The van der Waals surface area contributed by atoms with Crippen molar-refractivity contribution >= 4 is 38.0 Å². The van der Waals surface area contributed by atoms with Crippen molar-refractivity contribution in [1.82, 2.24) is 0 Å². The van der Waals surface area contributed by atoms with Crippen molar-refractivity contribution in [1.29, 1.82) is 5.26 Å². The first-order chi connectivity index (χ1) is 10.3. The van der Waals surface area contributed by atoms with Crippen LogP contribution in [0.3, 0.4) is 0 Å². The van der Waals surface area contributed by atoms with Crippen molar-refractivity contribution in [3.05, 3.63) is 66.2 Å². The fraction of sp³-hybridized carbons (Fsp3) is 0. The molecule has 4 aromatic rings. The number of rotatable bonds is 0. The van der Waals surface area contributed by atoms with E-state index in [1.165, 1.54) is 21.5 Å². The molecule has 2 N–H and O–H groups in total. The molecule has 0 aromatic heterocycles. The molecule has 0 spiro atoms. The van der Waals surface area contributed by atoms with Gasteiger partial charge in [0, 0.05) is 5.69 Å². The van der Waals surface area contributed by atoms with E-state index in [0.717, 1.165) is 16.5 Å². The van der Waals surface area contributed by atoms with Crippen LogP contribution in [0.15, 0.2) is 60.7 Å². The van der Waals surface area contributed by atoms with Crippen molar-refractivity contribution < 1.29 is 0 Å². The zero-order valence-electron chi connectivity index (χ0n) is 11.3. The number of nitrogen functional groups attached to an aromatic ring is 1. The molecule has 2 heteroatoms. The first-order valence-corrected chi connectivity index (χ1v) is 6.81. The molecular weight excluding hydrogens is 256 g/mol. The molecule has 4 aromatic carbocycles. The van der Waals surface area contributed by atoms with Gasteiger partial charge in [-0.1, -0.05) is 36.4 Å². The maximum atomic E-state index is 9.02. The minimum Gasteiger partial charge on any atom is -0.399 e. The third-order valence-electron chi connectivity index (χ3n) is 3.99. The molecule has 0 aliphatic carbocycles. The number of hydrogen-bond acceptors (Lipinski definition) is 2. The first kappa shape index (κ1) is 11.7. The molecule has 98 valence electrons. The van der Waals surface area contributed by atoms with Gasteiger partial charge in [-0.05, 0) is 56.6 Å². The van der Waals surface area contributed by atoms with Gasteiger partial charge >= 0.3 is 0 Å². The summed E-state index contributed by atoms with van der Waals surface area (Å²) in [5, 5.41) is 16.0. The second-order valence-electron chi connectivity index (χ2n) is 5.25. The molecule has 21 heavy (non-hydrogen) atoms. The van der Waals surface area contributed by atoms with E-state index < -0.39 is 0 Å². The van der Waals surface area contributed by atoms with Gasteiger partial charge in [0.1, 0.15) is 0 Å². The van der Waals surface area contributed by atoms with Crippen LogP contribution in [0, 0.1) is 11.3 Å². The molecule has 0 saturated heterocycles. The van der Waals surface area contributed by atoms with Gasteiger partial charge in [-0.3, -0.25) is 0 Å². The van der Waals surface area contributed by atoms with Gasteiger partial charge in [0.25, 0.3) is 0 Å². The summed E-state index contributed by atoms with van der Waals surface area (Å²) >= 11 is 0. The number of hydrogen-bond donors (Lipinski definition) is 1. The van der Waals surface area contributed by atoms with E-state index in [4.69, 9.17) is 11.0 Å². The van der Waals surface area contributed by atoms with Gasteiger partial charge in [-0.2, -0.15) is 5.26 Å². The van der Waals surface area contributed by atoms with Crippen molar-refractivity contribution in [2.75, 3.05) is 5.73 Å². The molecule has 0 heterocycles. The van der Waals surface area contributed by atoms with Crippen molar-refractivity contribution in [3.8, 4) is 6.07 Å². The van der Waals surface area contributed by atoms with Crippen LogP contribution in [-0.2, 0) is 0 Å². The second kappa shape index (κ2) is 4.22. The minimum absolute atomic E-state index is 0.690. The largest absolute Gasteiger partial charge is 0.399 e. The normalized spacial score (nSPS) is 11.0. The van der Waals surface area contributed by atoms with E-state index in [9.17, 15) is 0 Å². The molecule has 0 saturated carbocycles.